The summed E-state index contributed by atoms with van der Waals surface area (Å²) in [5.41, 5.74) is 6.49. The molecule has 3 nitrogen and oxygen atoms in total. The molecule has 1 heterocycles. The lowest BCUT2D eigenvalue weighted by Crippen LogP contribution is -2.54. The summed E-state index contributed by atoms with van der Waals surface area (Å²) in [6, 6.07) is 4.73. The molecule has 1 aliphatic rings. The maximum Gasteiger partial charge on any atom is 0.165 e. The quantitative estimate of drug-likeness (QED) is 0.731. The summed E-state index contributed by atoms with van der Waals surface area (Å²) < 4.78 is 12.9. The van der Waals surface area contributed by atoms with Gasteiger partial charge in [0.1, 0.15) is 0 Å². The van der Waals surface area contributed by atoms with Gasteiger partial charge in [-0.3, -0.25) is 4.90 Å². The lowest BCUT2D eigenvalue weighted by atomic mass is 10.1. The zero-order valence-corrected chi connectivity index (χ0v) is 7.78. The van der Waals surface area contributed by atoms with Crippen LogP contribution in [0.25, 0.3) is 0 Å². The highest BCUT2D eigenvalue weighted by Gasteiger charge is 2.22. The zero-order chi connectivity index (χ0) is 10.1. The Labute approximate surface area is 81.9 Å². The van der Waals surface area contributed by atoms with Gasteiger partial charge < -0.3 is 10.8 Å². The second-order valence-electron chi connectivity index (χ2n) is 3.74. The molecule has 0 aromatic heterocycles. The molecule has 2 rings (SSSR count). The predicted molar refractivity (Wildman–Crippen MR) is 51.3 cm³/mol. The van der Waals surface area contributed by atoms with Crippen LogP contribution in [0, 0.1) is 5.82 Å². The Hall–Kier alpha value is -1.13. The van der Waals surface area contributed by atoms with Gasteiger partial charge in [0.25, 0.3) is 0 Å². The minimum absolute atomic E-state index is 0.261. The van der Waals surface area contributed by atoms with Crippen molar-refractivity contribution in [2.24, 2.45) is 5.73 Å². The summed E-state index contributed by atoms with van der Waals surface area (Å²) >= 11 is 0. The molecule has 0 aliphatic carbocycles. The molecule has 1 fully saturated rings. The molecule has 1 aromatic rings. The fraction of sp³-hybridized carbons (Fsp3) is 0.400. The normalized spacial score (nSPS) is 18.1. The molecule has 14 heavy (non-hydrogen) atoms. The van der Waals surface area contributed by atoms with E-state index < -0.39 is 5.82 Å². The van der Waals surface area contributed by atoms with Crippen LogP contribution >= 0.6 is 0 Å². The average molecular weight is 196 g/mol. The second-order valence-corrected chi connectivity index (χ2v) is 3.74. The summed E-state index contributed by atoms with van der Waals surface area (Å²) in [7, 11) is 0. The number of hydrogen-bond donors (Lipinski definition) is 2. The molecule has 0 amide bonds. The Morgan fingerprint density at radius 2 is 2.21 bits per heavy atom. The van der Waals surface area contributed by atoms with Gasteiger partial charge in [-0.2, -0.15) is 0 Å². The first-order valence-electron chi connectivity index (χ1n) is 4.60. The van der Waals surface area contributed by atoms with Crippen molar-refractivity contribution in [1.82, 2.24) is 4.90 Å². The summed E-state index contributed by atoms with van der Waals surface area (Å²) in [4.78, 5) is 2.14. The van der Waals surface area contributed by atoms with Gasteiger partial charge in [0.15, 0.2) is 11.6 Å². The molecule has 0 radical (unpaired) electrons. The molecule has 0 bridgehead atoms. The smallest absolute Gasteiger partial charge is 0.165 e. The molecule has 76 valence electrons. The van der Waals surface area contributed by atoms with Crippen molar-refractivity contribution in [3.05, 3.63) is 29.6 Å². The number of phenols is 1. The number of benzene rings is 1. The standard InChI is InChI=1S/C10H13FN2O/c11-9-3-7(1-2-10(9)14)4-13-5-8(12)6-13/h1-3,8,14H,4-6,12H2. The highest BCUT2D eigenvalue weighted by Crippen LogP contribution is 2.18. The van der Waals surface area contributed by atoms with Crippen molar-refractivity contribution in [3.63, 3.8) is 0 Å². The van der Waals surface area contributed by atoms with E-state index in [-0.39, 0.29) is 11.8 Å². The number of nitrogens with two attached hydrogens (primary N) is 1. The molecule has 1 saturated heterocycles. The van der Waals surface area contributed by atoms with Gasteiger partial charge in [0.2, 0.25) is 0 Å². The van der Waals surface area contributed by atoms with Gasteiger partial charge in [0, 0.05) is 25.7 Å². The number of phenolic OH excluding ortho intramolecular Hbond substituents is 1. The summed E-state index contributed by atoms with van der Waals surface area (Å²) in [5.74, 6) is -0.860. The molecule has 1 aromatic carbocycles. The van der Waals surface area contributed by atoms with Gasteiger partial charge in [-0.15, -0.1) is 0 Å². The van der Waals surface area contributed by atoms with Crippen LogP contribution in [0.1, 0.15) is 5.56 Å². The molecular formula is C10H13FN2O. The van der Waals surface area contributed by atoms with Crippen molar-refractivity contribution in [1.29, 1.82) is 0 Å². The highest BCUT2D eigenvalue weighted by atomic mass is 19.1. The van der Waals surface area contributed by atoms with Crippen LogP contribution in [-0.2, 0) is 6.54 Å². The van der Waals surface area contributed by atoms with Crippen molar-refractivity contribution < 1.29 is 9.50 Å². The Balaban J connectivity index is 2.00. The van der Waals surface area contributed by atoms with Crippen molar-refractivity contribution in [2.45, 2.75) is 12.6 Å². The molecule has 0 unspecified atom stereocenters. The third kappa shape index (κ3) is 1.86. The van der Waals surface area contributed by atoms with Crippen LogP contribution in [0.15, 0.2) is 18.2 Å². The van der Waals surface area contributed by atoms with E-state index >= 15 is 0 Å². The lowest BCUT2D eigenvalue weighted by Gasteiger charge is -2.36. The Kier molecular flexibility index (Phi) is 2.39. The molecule has 1 aliphatic heterocycles. The average Bonchev–Trinajstić information content (AvgIpc) is 2.09. The lowest BCUT2D eigenvalue weighted by molar-refractivity contribution is 0.142. The second kappa shape index (κ2) is 3.55. The monoisotopic (exact) mass is 196 g/mol. The van der Waals surface area contributed by atoms with E-state index in [2.05, 4.69) is 4.90 Å². The van der Waals surface area contributed by atoms with Crippen molar-refractivity contribution in [3.8, 4) is 5.75 Å². The molecule has 3 N–H and O–H groups in total. The maximum atomic E-state index is 12.9. The van der Waals surface area contributed by atoms with Crippen LogP contribution < -0.4 is 5.73 Å². The molecule has 0 saturated carbocycles. The first kappa shape index (κ1) is 9.43. The van der Waals surface area contributed by atoms with Gasteiger partial charge in [-0.1, -0.05) is 6.07 Å². The fourth-order valence-electron chi connectivity index (χ4n) is 1.65. The Bertz CT molecular complexity index is 337. The Morgan fingerprint density at radius 3 is 2.79 bits per heavy atom. The SMILES string of the molecule is NC1CN(Cc2ccc(O)c(F)c2)C1. The molecule has 0 atom stereocenters. The van der Waals surface area contributed by atoms with Crippen molar-refractivity contribution in [2.75, 3.05) is 13.1 Å². The van der Waals surface area contributed by atoms with E-state index in [0.29, 0.717) is 6.54 Å². The van der Waals surface area contributed by atoms with Crippen LogP contribution in [0.3, 0.4) is 0 Å². The fourth-order valence-corrected chi connectivity index (χ4v) is 1.65. The van der Waals surface area contributed by atoms with Gasteiger partial charge in [0.05, 0.1) is 0 Å². The number of hydrogen-bond acceptors (Lipinski definition) is 3. The number of rotatable bonds is 2. The van der Waals surface area contributed by atoms with E-state index in [0.717, 1.165) is 18.7 Å². The highest BCUT2D eigenvalue weighted by molar-refractivity contribution is 5.28. The number of nitrogens with zero attached hydrogens (tertiary/aromatic N) is 1. The summed E-state index contributed by atoms with van der Waals surface area (Å²) in [5, 5.41) is 8.98. The Morgan fingerprint density at radius 1 is 1.50 bits per heavy atom. The molecule has 4 heteroatoms. The van der Waals surface area contributed by atoms with Crippen LogP contribution in [0.4, 0.5) is 4.39 Å². The van der Waals surface area contributed by atoms with E-state index in [1.54, 1.807) is 6.07 Å². The number of likely N-dealkylation sites (tertiary alicyclic amines) is 1. The molecular weight excluding hydrogens is 183 g/mol. The van der Waals surface area contributed by atoms with E-state index in [4.69, 9.17) is 10.8 Å². The third-order valence-electron chi connectivity index (χ3n) is 2.40. The van der Waals surface area contributed by atoms with Gasteiger partial charge in [-0.25, -0.2) is 4.39 Å². The van der Waals surface area contributed by atoms with E-state index in [9.17, 15) is 4.39 Å². The summed E-state index contributed by atoms with van der Waals surface area (Å²) in [6.07, 6.45) is 0. The third-order valence-corrected chi connectivity index (χ3v) is 2.40. The number of aromatic hydroxyl groups is 1. The molecule has 0 spiro atoms. The predicted octanol–water partition coefficient (Wildman–Crippen LogP) is 0.674. The maximum absolute atomic E-state index is 12.9. The van der Waals surface area contributed by atoms with Crippen molar-refractivity contribution >= 4 is 0 Å². The van der Waals surface area contributed by atoms with Crippen LogP contribution in [0.2, 0.25) is 0 Å². The summed E-state index contributed by atoms with van der Waals surface area (Å²) in [6.45, 7) is 2.43. The first-order chi connectivity index (χ1) is 6.65. The number of halogens is 1. The van der Waals surface area contributed by atoms with E-state index in [1.807, 2.05) is 0 Å². The van der Waals surface area contributed by atoms with Crippen LogP contribution in [0.5, 0.6) is 5.75 Å². The topological polar surface area (TPSA) is 49.5 Å². The minimum Gasteiger partial charge on any atom is -0.505 e. The first-order valence-corrected chi connectivity index (χ1v) is 4.60. The zero-order valence-electron chi connectivity index (χ0n) is 7.78. The largest absolute Gasteiger partial charge is 0.505 e. The minimum atomic E-state index is -0.563. The van der Waals surface area contributed by atoms with E-state index in [1.165, 1.54) is 12.1 Å². The van der Waals surface area contributed by atoms with Gasteiger partial charge >= 0.3 is 0 Å². The van der Waals surface area contributed by atoms with Crippen LogP contribution in [-0.4, -0.2) is 29.1 Å². The van der Waals surface area contributed by atoms with Gasteiger partial charge in [-0.05, 0) is 17.7 Å².